The van der Waals surface area contributed by atoms with Crippen LogP contribution >= 0.6 is 0 Å². The van der Waals surface area contributed by atoms with Gasteiger partial charge in [0.05, 0.1) is 23.3 Å². The van der Waals surface area contributed by atoms with E-state index in [1.54, 1.807) is 0 Å². The number of hydrogen-bond acceptors (Lipinski definition) is 4. The lowest BCUT2D eigenvalue weighted by Gasteiger charge is -2.15. The van der Waals surface area contributed by atoms with Crippen LogP contribution in [0.15, 0.2) is 158 Å². The summed E-state index contributed by atoms with van der Waals surface area (Å²) >= 11 is 0. The third-order valence-electron chi connectivity index (χ3n) is 9.77. The molecule has 1 aliphatic heterocycles. The number of benzene rings is 8. The Hall–Kier alpha value is -7.14. The van der Waals surface area contributed by atoms with E-state index < -0.39 is 0 Å². The maximum absolute atomic E-state index is 9.14. The Morgan fingerprint density at radius 2 is 0.667 bits per heavy atom. The fourth-order valence-corrected chi connectivity index (χ4v) is 7.08. The molecule has 0 N–H and O–H groups in total. The van der Waals surface area contributed by atoms with E-state index in [2.05, 4.69) is 121 Å². The van der Waals surface area contributed by atoms with Crippen LogP contribution in [0.1, 0.15) is 11.1 Å². The van der Waals surface area contributed by atoms with E-state index in [4.69, 9.17) is 20.0 Å². The van der Waals surface area contributed by atoms with Crippen molar-refractivity contribution >= 4 is 21.5 Å². The van der Waals surface area contributed by atoms with Gasteiger partial charge in [0.25, 0.3) is 0 Å². The fourth-order valence-electron chi connectivity index (χ4n) is 7.08. The summed E-state index contributed by atoms with van der Waals surface area (Å²) in [7, 11) is 0. The van der Waals surface area contributed by atoms with Crippen molar-refractivity contribution in [2.24, 2.45) is 0 Å². The van der Waals surface area contributed by atoms with E-state index in [0.717, 1.165) is 88.7 Å². The van der Waals surface area contributed by atoms with Crippen LogP contribution < -0.4 is 9.47 Å². The molecule has 0 bridgehead atoms. The first-order valence-corrected chi connectivity index (χ1v) is 16.8. The second-order valence-corrected chi connectivity index (χ2v) is 12.7. The summed E-state index contributed by atoms with van der Waals surface area (Å²) in [5, 5.41) is 22.7. The van der Waals surface area contributed by atoms with Gasteiger partial charge in [-0.05, 0) is 115 Å². The third-order valence-corrected chi connectivity index (χ3v) is 9.77. The lowest BCUT2D eigenvalue weighted by Crippen LogP contribution is -2.03. The van der Waals surface area contributed by atoms with Crippen molar-refractivity contribution in [3.8, 4) is 79.3 Å². The zero-order valence-corrected chi connectivity index (χ0v) is 27.4. The van der Waals surface area contributed by atoms with Gasteiger partial charge in [-0.25, -0.2) is 0 Å². The van der Waals surface area contributed by atoms with Gasteiger partial charge in [-0.15, -0.1) is 0 Å². The summed E-state index contributed by atoms with van der Waals surface area (Å²) in [5.74, 6) is 1.60. The molecular weight excluding hydrogens is 625 g/mol. The van der Waals surface area contributed by atoms with Crippen molar-refractivity contribution in [1.29, 1.82) is 10.5 Å². The highest BCUT2D eigenvalue weighted by Gasteiger charge is 2.22. The van der Waals surface area contributed by atoms with Crippen LogP contribution in [0.3, 0.4) is 0 Å². The topological polar surface area (TPSA) is 66.0 Å². The van der Waals surface area contributed by atoms with Crippen molar-refractivity contribution < 1.29 is 9.47 Å². The molecule has 0 saturated heterocycles. The Morgan fingerprint density at radius 1 is 0.353 bits per heavy atom. The Bertz CT molecular complexity index is 2510. The highest BCUT2D eigenvalue weighted by molar-refractivity contribution is 6.11. The van der Waals surface area contributed by atoms with Crippen molar-refractivity contribution in [3.05, 3.63) is 169 Å². The normalized spacial score (nSPS) is 11.7. The molecule has 9 rings (SSSR count). The van der Waals surface area contributed by atoms with Crippen LogP contribution in [0.4, 0.5) is 0 Å². The molecule has 0 aromatic heterocycles. The van der Waals surface area contributed by atoms with Gasteiger partial charge in [0.15, 0.2) is 0 Å². The van der Waals surface area contributed by atoms with Crippen LogP contribution in [-0.2, 0) is 0 Å². The summed E-state index contributed by atoms with van der Waals surface area (Å²) in [4.78, 5) is 0. The maximum atomic E-state index is 9.14. The van der Waals surface area contributed by atoms with E-state index in [1.165, 1.54) is 0 Å². The summed E-state index contributed by atoms with van der Waals surface area (Å²) in [6.07, 6.45) is 0. The molecular formula is C47H28N2O2. The zero-order chi connectivity index (χ0) is 34.3. The lowest BCUT2D eigenvalue weighted by atomic mass is 9.90. The van der Waals surface area contributed by atoms with E-state index >= 15 is 0 Å². The number of hydrogen-bond donors (Lipinski definition) is 0. The number of nitrogens with zero attached hydrogens (tertiary/aromatic N) is 2. The molecule has 51 heavy (non-hydrogen) atoms. The zero-order valence-electron chi connectivity index (χ0n) is 27.4. The van der Waals surface area contributed by atoms with Crippen molar-refractivity contribution in [3.63, 3.8) is 0 Å². The van der Waals surface area contributed by atoms with Crippen LogP contribution in [0, 0.1) is 22.7 Å². The van der Waals surface area contributed by atoms with Crippen LogP contribution in [0.5, 0.6) is 11.5 Å². The minimum atomic E-state index is 0.143. The van der Waals surface area contributed by atoms with E-state index in [-0.39, 0.29) is 6.79 Å². The molecule has 0 saturated carbocycles. The molecule has 4 nitrogen and oxygen atoms in total. The molecule has 238 valence electrons. The molecule has 8 aromatic rings. The van der Waals surface area contributed by atoms with E-state index in [1.807, 2.05) is 48.5 Å². The van der Waals surface area contributed by atoms with Gasteiger partial charge in [-0.2, -0.15) is 10.5 Å². The van der Waals surface area contributed by atoms with Crippen LogP contribution in [-0.4, -0.2) is 6.79 Å². The average Bonchev–Trinajstić information content (AvgIpc) is 3.40. The first-order chi connectivity index (χ1) is 25.1. The van der Waals surface area contributed by atoms with Crippen molar-refractivity contribution in [1.82, 2.24) is 0 Å². The van der Waals surface area contributed by atoms with Gasteiger partial charge in [0.1, 0.15) is 11.5 Å². The predicted octanol–water partition coefficient (Wildman–Crippen LogP) is 11.8. The highest BCUT2D eigenvalue weighted by Crippen LogP contribution is 2.48. The smallest absolute Gasteiger partial charge is 0.230 e. The second kappa shape index (κ2) is 12.4. The van der Waals surface area contributed by atoms with Crippen LogP contribution in [0.25, 0.3) is 77.2 Å². The highest BCUT2D eigenvalue weighted by atomic mass is 16.7. The second-order valence-electron chi connectivity index (χ2n) is 12.7. The number of rotatable bonds is 4. The number of fused-ring (bicyclic) bond motifs is 7. The van der Waals surface area contributed by atoms with Crippen LogP contribution in [0.2, 0.25) is 0 Å². The van der Waals surface area contributed by atoms with Crippen molar-refractivity contribution in [2.45, 2.75) is 0 Å². The minimum absolute atomic E-state index is 0.143. The molecule has 8 aromatic carbocycles. The largest absolute Gasteiger partial charge is 0.457 e. The van der Waals surface area contributed by atoms with Gasteiger partial charge in [0, 0.05) is 11.1 Å². The number of nitriles is 2. The summed E-state index contributed by atoms with van der Waals surface area (Å²) in [6, 6.07) is 58.4. The number of ether oxygens (including phenoxy) is 2. The Kier molecular flexibility index (Phi) is 7.28. The quantitative estimate of drug-likeness (QED) is 0.190. The Labute approximate surface area is 295 Å². The first-order valence-electron chi connectivity index (χ1n) is 16.8. The monoisotopic (exact) mass is 652 g/mol. The standard InChI is InChI=1S/C47H28N2O2/c48-27-30-1-5-32(6-2-30)34-9-13-36(14-10-34)38-17-21-42-40(25-38)19-23-44-46(42)47-43-22-18-39(26-41(43)20-24-45(47)51-29-50-44)37-15-11-35(12-16-37)33-7-3-31(28-49)4-8-33/h1-26H,29H2. The average molecular weight is 653 g/mol. The fraction of sp³-hybridized carbons (Fsp3) is 0.0213. The molecule has 0 amide bonds. The molecule has 0 fully saturated rings. The summed E-state index contributed by atoms with van der Waals surface area (Å²) in [5.41, 5.74) is 12.3. The van der Waals surface area contributed by atoms with Gasteiger partial charge >= 0.3 is 0 Å². The molecule has 0 spiro atoms. The van der Waals surface area contributed by atoms with Gasteiger partial charge in [-0.1, -0.05) is 109 Å². The molecule has 0 aliphatic carbocycles. The predicted molar refractivity (Wildman–Crippen MR) is 204 cm³/mol. The molecule has 1 heterocycles. The van der Waals surface area contributed by atoms with Gasteiger partial charge < -0.3 is 9.47 Å². The lowest BCUT2D eigenvalue weighted by molar-refractivity contribution is 0.125. The first kappa shape index (κ1) is 30.0. The summed E-state index contributed by atoms with van der Waals surface area (Å²) < 4.78 is 12.3. The minimum Gasteiger partial charge on any atom is -0.457 e. The van der Waals surface area contributed by atoms with E-state index in [9.17, 15) is 0 Å². The summed E-state index contributed by atoms with van der Waals surface area (Å²) in [6.45, 7) is 0.143. The van der Waals surface area contributed by atoms with E-state index in [0.29, 0.717) is 11.1 Å². The van der Waals surface area contributed by atoms with Crippen molar-refractivity contribution in [2.75, 3.05) is 6.79 Å². The maximum Gasteiger partial charge on any atom is 0.230 e. The molecule has 0 radical (unpaired) electrons. The molecule has 1 aliphatic rings. The SMILES string of the molecule is N#Cc1ccc(-c2ccc(-c3ccc4c5c(ccc4c3)OCOc3ccc4cc(-c6ccc(-c7ccc(C#N)cc7)cc6)ccc4c3-5)cc2)cc1. The van der Waals surface area contributed by atoms with Gasteiger partial charge in [-0.3, -0.25) is 0 Å². The Morgan fingerprint density at radius 3 is 1.02 bits per heavy atom. The van der Waals surface area contributed by atoms with Gasteiger partial charge in [0.2, 0.25) is 6.79 Å². The third kappa shape index (κ3) is 5.42. The molecule has 4 heteroatoms. The molecule has 0 unspecified atom stereocenters. The Balaban J connectivity index is 1.07. The molecule has 0 atom stereocenters.